The van der Waals surface area contributed by atoms with E-state index in [0.29, 0.717) is 5.76 Å². The lowest BCUT2D eigenvalue weighted by molar-refractivity contribution is 0.0782. The van der Waals surface area contributed by atoms with Crippen LogP contribution >= 0.6 is 0 Å². The Morgan fingerprint density at radius 1 is 1.26 bits per heavy atom. The molecule has 122 valence electrons. The summed E-state index contributed by atoms with van der Waals surface area (Å²) in [6.45, 7) is 2.37. The number of hydrogen-bond donors (Lipinski definition) is 1. The van der Waals surface area contributed by atoms with Crippen LogP contribution in [0.2, 0.25) is 0 Å². The SMILES string of the molecule is COC1=C[C@]23CCCN2CCc2cc4c(cc2[C@H]3C1O)OCO4. The summed E-state index contributed by atoms with van der Waals surface area (Å²) in [7, 11) is 1.65. The Balaban J connectivity index is 1.70. The van der Waals surface area contributed by atoms with Crippen molar-refractivity contribution in [1.29, 1.82) is 0 Å². The van der Waals surface area contributed by atoms with Gasteiger partial charge in [-0.1, -0.05) is 0 Å². The van der Waals surface area contributed by atoms with Gasteiger partial charge < -0.3 is 19.3 Å². The van der Waals surface area contributed by atoms with Gasteiger partial charge in [-0.15, -0.1) is 0 Å². The summed E-state index contributed by atoms with van der Waals surface area (Å²) in [5, 5.41) is 11.0. The number of methoxy groups -OCH3 is 1. The van der Waals surface area contributed by atoms with Gasteiger partial charge in [-0.3, -0.25) is 4.90 Å². The average molecular weight is 315 g/mol. The Kier molecular flexibility index (Phi) is 2.77. The van der Waals surface area contributed by atoms with Crippen LogP contribution < -0.4 is 9.47 Å². The van der Waals surface area contributed by atoms with Gasteiger partial charge in [0, 0.05) is 12.5 Å². The van der Waals surface area contributed by atoms with Gasteiger partial charge in [0.1, 0.15) is 11.9 Å². The fourth-order valence-corrected chi connectivity index (χ4v) is 4.99. The minimum absolute atomic E-state index is 0.00644. The molecule has 1 saturated heterocycles. The molecule has 23 heavy (non-hydrogen) atoms. The third-order valence-corrected chi connectivity index (χ3v) is 5.99. The monoisotopic (exact) mass is 315 g/mol. The predicted octanol–water partition coefficient (Wildman–Crippen LogP) is 1.79. The molecule has 0 aromatic heterocycles. The average Bonchev–Trinajstić information content (AvgIpc) is 3.21. The van der Waals surface area contributed by atoms with Crippen LogP contribution in [0, 0.1) is 0 Å². The third-order valence-electron chi connectivity index (χ3n) is 5.99. The molecule has 1 aromatic carbocycles. The van der Waals surface area contributed by atoms with E-state index in [1.165, 1.54) is 11.1 Å². The van der Waals surface area contributed by atoms with Gasteiger partial charge in [0.2, 0.25) is 6.79 Å². The maximum Gasteiger partial charge on any atom is 0.231 e. The van der Waals surface area contributed by atoms with Crippen LogP contribution in [0.15, 0.2) is 24.0 Å². The van der Waals surface area contributed by atoms with E-state index in [1.54, 1.807) is 7.11 Å². The molecule has 3 atom stereocenters. The molecular weight excluding hydrogens is 294 g/mol. The summed E-state index contributed by atoms with van der Waals surface area (Å²) >= 11 is 0. The minimum atomic E-state index is -0.599. The van der Waals surface area contributed by atoms with Crippen molar-refractivity contribution in [3.63, 3.8) is 0 Å². The predicted molar refractivity (Wildman–Crippen MR) is 83.6 cm³/mol. The number of rotatable bonds is 1. The Bertz CT molecular complexity index is 701. The Morgan fingerprint density at radius 3 is 2.91 bits per heavy atom. The number of ether oxygens (including phenoxy) is 3. The molecule has 3 aliphatic heterocycles. The molecule has 0 bridgehead atoms. The molecule has 4 aliphatic rings. The zero-order valence-electron chi connectivity index (χ0n) is 13.2. The molecule has 0 radical (unpaired) electrons. The summed E-state index contributed by atoms with van der Waals surface area (Å²) in [6.07, 6.45) is 4.78. The fourth-order valence-electron chi connectivity index (χ4n) is 4.99. The molecule has 1 aromatic rings. The van der Waals surface area contributed by atoms with E-state index in [9.17, 15) is 5.11 Å². The minimum Gasteiger partial charge on any atom is -0.499 e. The Hall–Kier alpha value is -1.72. The van der Waals surface area contributed by atoms with E-state index in [2.05, 4.69) is 23.1 Å². The second-order valence-electron chi connectivity index (χ2n) is 6.91. The normalized spacial score (nSPS) is 34.4. The van der Waals surface area contributed by atoms with Crippen LogP contribution in [-0.4, -0.2) is 48.6 Å². The molecule has 1 fully saturated rings. The number of fused-ring (bicyclic) bond motifs is 3. The maximum atomic E-state index is 11.0. The molecule has 5 nitrogen and oxygen atoms in total. The van der Waals surface area contributed by atoms with E-state index in [0.717, 1.165) is 43.9 Å². The van der Waals surface area contributed by atoms with E-state index in [-0.39, 0.29) is 18.2 Å². The largest absolute Gasteiger partial charge is 0.499 e. The van der Waals surface area contributed by atoms with Gasteiger partial charge in [-0.25, -0.2) is 0 Å². The highest BCUT2D eigenvalue weighted by atomic mass is 16.7. The highest BCUT2D eigenvalue weighted by Gasteiger charge is 2.56. The molecule has 0 saturated carbocycles. The molecule has 5 heteroatoms. The molecule has 1 spiro atoms. The van der Waals surface area contributed by atoms with Crippen LogP contribution in [0.5, 0.6) is 11.5 Å². The van der Waals surface area contributed by atoms with Crippen LogP contribution in [0.1, 0.15) is 29.9 Å². The maximum absolute atomic E-state index is 11.0. The van der Waals surface area contributed by atoms with Crippen molar-refractivity contribution in [3.8, 4) is 11.5 Å². The molecule has 1 unspecified atom stereocenters. The van der Waals surface area contributed by atoms with Gasteiger partial charge >= 0.3 is 0 Å². The van der Waals surface area contributed by atoms with Gasteiger partial charge in [-0.05, 0) is 55.1 Å². The van der Waals surface area contributed by atoms with Crippen molar-refractivity contribution >= 4 is 0 Å². The zero-order valence-corrected chi connectivity index (χ0v) is 13.2. The summed E-state index contributed by atoms with van der Waals surface area (Å²) in [5.74, 6) is 2.33. The summed E-state index contributed by atoms with van der Waals surface area (Å²) in [4.78, 5) is 2.53. The first kappa shape index (κ1) is 13.7. The van der Waals surface area contributed by atoms with Gasteiger partial charge in [-0.2, -0.15) is 0 Å². The summed E-state index contributed by atoms with van der Waals surface area (Å²) in [5.41, 5.74) is 2.33. The van der Waals surface area contributed by atoms with Crippen molar-refractivity contribution in [2.24, 2.45) is 0 Å². The molecular formula is C18H21NO4. The van der Waals surface area contributed by atoms with E-state index in [1.807, 2.05) is 0 Å². The van der Waals surface area contributed by atoms with Crippen molar-refractivity contribution in [2.75, 3.05) is 27.0 Å². The van der Waals surface area contributed by atoms with Crippen molar-refractivity contribution in [1.82, 2.24) is 4.90 Å². The lowest BCUT2D eigenvalue weighted by Crippen LogP contribution is -2.46. The summed E-state index contributed by atoms with van der Waals surface area (Å²) in [6, 6.07) is 4.19. The second kappa shape index (κ2) is 4.65. The standard InChI is InChI=1S/C18H21NO4/c1-21-15-9-18-4-2-5-19(18)6-3-11-7-13-14(23-10-22-13)8-12(11)16(18)17(15)20/h7-9,16-17,20H,2-6,10H2,1H3/t16-,17?,18-/m0/s1. The zero-order chi connectivity index (χ0) is 15.6. The molecule has 1 aliphatic carbocycles. The van der Waals surface area contributed by atoms with E-state index < -0.39 is 6.10 Å². The second-order valence-corrected chi connectivity index (χ2v) is 6.91. The smallest absolute Gasteiger partial charge is 0.231 e. The highest BCUT2D eigenvalue weighted by molar-refractivity contribution is 5.54. The topological polar surface area (TPSA) is 51.2 Å². The van der Waals surface area contributed by atoms with Crippen molar-refractivity contribution in [2.45, 2.75) is 36.8 Å². The lowest BCUT2D eigenvalue weighted by Gasteiger charge is -2.38. The third kappa shape index (κ3) is 1.69. The molecule has 1 N–H and O–H groups in total. The van der Waals surface area contributed by atoms with E-state index in [4.69, 9.17) is 14.2 Å². The van der Waals surface area contributed by atoms with Gasteiger partial charge in [0.25, 0.3) is 0 Å². The van der Waals surface area contributed by atoms with Crippen LogP contribution in [0.25, 0.3) is 0 Å². The van der Waals surface area contributed by atoms with E-state index >= 15 is 0 Å². The number of nitrogens with zero attached hydrogens (tertiary/aromatic N) is 1. The Morgan fingerprint density at radius 2 is 2.09 bits per heavy atom. The Labute approximate surface area is 135 Å². The van der Waals surface area contributed by atoms with Crippen LogP contribution in [0.3, 0.4) is 0 Å². The van der Waals surface area contributed by atoms with Gasteiger partial charge in [0.15, 0.2) is 11.5 Å². The van der Waals surface area contributed by atoms with Crippen LogP contribution in [0.4, 0.5) is 0 Å². The summed E-state index contributed by atoms with van der Waals surface area (Å²) < 4.78 is 16.6. The molecule has 5 rings (SSSR count). The number of hydrogen-bond acceptors (Lipinski definition) is 5. The number of aliphatic hydroxyl groups is 1. The van der Waals surface area contributed by atoms with Crippen molar-refractivity contribution in [3.05, 3.63) is 35.1 Å². The fraction of sp³-hybridized carbons (Fsp3) is 0.556. The quantitative estimate of drug-likeness (QED) is 0.856. The number of aliphatic hydroxyl groups excluding tert-OH is 1. The first-order chi connectivity index (χ1) is 11.2. The van der Waals surface area contributed by atoms with Crippen LogP contribution in [-0.2, 0) is 11.2 Å². The lowest BCUT2D eigenvalue weighted by atomic mass is 9.78. The first-order valence-electron chi connectivity index (χ1n) is 8.35. The molecule has 0 amide bonds. The van der Waals surface area contributed by atoms with Crippen molar-refractivity contribution < 1.29 is 19.3 Å². The number of benzene rings is 1. The van der Waals surface area contributed by atoms with Gasteiger partial charge in [0.05, 0.1) is 12.6 Å². The highest BCUT2D eigenvalue weighted by Crippen LogP contribution is 2.54. The molecule has 3 heterocycles. The first-order valence-corrected chi connectivity index (χ1v) is 8.35.